The molecule has 1 aliphatic carbocycles. The molecule has 0 radical (unpaired) electrons. The summed E-state index contributed by atoms with van der Waals surface area (Å²) < 4.78 is 13.0. The van der Waals surface area contributed by atoms with Crippen LogP contribution in [0, 0.1) is 5.92 Å². The van der Waals surface area contributed by atoms with Crippen molar-refractivity contribution < 1.29 is 19.1 Å². The molecular formula is C28H43N3O4S. The summed E-state index contributed by atoms with van der Waals surface area (Å²) in [6, 6.07) is 7.85. The molecule has 1 aliphatic rings. The molecule has 200 valence electrons. The summed E-state index contributed by atoms with van der Waals surface area (Å²) in [6.07, 6.45) is 8.76. The van der Waals surface area contributed by atoms with Gasteiger partial charge >= 0.3 is 12.1 Å². The summed E-state index contributed by atoms with van der Waals surface area (Å²) in [5, 5.41) is 0.798. The van der Waals surface area contributed by atoms with Gasteiger partial charge in [0.05, 0.1) is 17.6 Å². The molecule has 1 aromatic carbocycles. The number of fused-ring (bicyclic) bond motifs is 1. The van der Waals surface area contributed by atoms with Gasteiger partial charge in [-0.05, 0) is 64.5 Å². The van der Waals surface area contributed by atoms with E-state index in [0.717, 1.165) is 47.7 Å². The highest BCUT2D eigenvalue weighted by atomic mass is 32.2. The summed E-state index contributed by atoms with van der Waals surface area (Å²) >= 11 is 1.62. The molecule has 0 bridgehead atoms. The second-order valence-electron chi connectivity index (χ2n) is 10.7. The highest BCUT2D eigenvalue weighted by Gasteiger charge is 2.23. The monoisotopic (exact) mass is 517 g/mol. The largest absolute Gasteiger partial charge is 0.459 e. The van der Waals surface area contributed by atoms with Crippen molar-refractivity contribution in [3.8, 4) is 0 Å². The Kier molecular flexibility index (Phi) is 11.0. The molecular weight excluding hydrogens is 474 g/mol. The zero-order valence-corrected chi connectivity index (χ0v) is 23.3. The van der Waals surface area contributed by atoms with Crippen LogP contribution in [0.25, 0.3) is 11.0 Å². The van der Waals surface area contributed by atoms with E-state index in [1.165, 1.54) is 32.1 Å². The van der Waals surface area contributed by atoms with E-state index < -0.39 is 5.60 Å². The third-order valence-corrected chi connectivity index (χ3v) is 7.38. The number of benzene rings is 1. The topological polar surface area (TPSA) is 73.7 Å². The van der Waals surface area contributed by atoms with Crippen LogP contribution in [0.4, 0.5) is 4.79 Å². The van der Waals surface area contributed by atoms with Crippen LogP contribution in [-0.2, 0) is 20.8 Å². The SMILES string of the molecule is CCCCOC(=O)N(CCCSc1nc2ccccc2n1CC(=O)OC(C)(C)C)CC1CCCCC1. The number of carbonyl (C=O) groups excluding carboxylic acids is 2. The lowest BCUT2D eigenvalue weighted by Crippen LogP contribution is -2.37. The van der Waals surface area contributed by atoms with Gasteiger partial charge < -0.3 is 18.9 Å². The lowest BCUT2D eigenvalue weighted by atomic mass is 9.89. The van der Waals surface area contributed by atoms with Crippen molar-refractivity contribution in [3.63, 3.8) is 0 Å². The van der Waals surface area contributed by atoms with Crippen LogP contribution in [0.15, 0.2) is 29.4 Å². The predicted molar refractivity (Wildman–Crippen MR) is 145 cm³/mol. The van der Waals surface area contributed by atoms with Gasteiger partial charge in [-0.1, -0.05) is 56.5 Å². The number of rotatable bonds is 12. The Morgan fingerprint density at radius 3 is 2.61 bits per heavy atom. The number of ether oxygens (including phenoxy) is 2. The van der Waals surface area contributed by atoms with Crippen molar-refractivity contribution >= 4 is 34.9 Å². The van der Waals surface area contributed by atoms with Gasteiger partial charge in [-0.3, -0.25) is 4.79 Å². The van der Waals surface area contributed by atoms with E-state index >= 15 is 0 Å². The van der Waals surface area contributed by atoms with Gasteiger partial charge in [-0.2, -0.15) is 0 Å². The normalized spacial score (nSPS) is 14.7. The van der Waals surface area contributed by atoms with Crippen LogP contribution in [0.3, 0.4) is 0 Å². The molecule has 0 atom stereocenters. The Bertz CT molecular complexity index is 979. The van der Waals surface area contributed by atoms with E-state index in [1.54, 1.807) is 11.8 Å². The van der Waals surface area contributed by atoms with Crippen LogP contribution in [-0.4, -0.2) is 57.6 Å². The number of amides is 1. The van der Waals surface area contributed by atoms with E-state index in [-0.39, 0.29) is 18.6 Å². The Hall–Kier alpha value is -2.22. The first-order valence-electron chi connectivity index (χ1n) is 13.5. The maximum Gasteiger partial charge on any atom is 0.409 e. The Balaban J connectivity index is 1.61. The molecule has 8 heteroatoms. The molecule has 1 fully saturated rings. The number of aromatic nitrogens is 2. The molecule has 1 aromatic heterocycles. The van der Waals surface area contributed by atoms with E-state index in [2.05, 4.69) is 6.92 Å². The Labute approximate surface area is 220 Å². The zero-order chi connectivity index (χ0) is 26.0. The van der Waals surface area contributed by atoms with Gasteiger partial charge in [-0.15, -0.1) is 0 Å². The van der Waals surface area contributed by atoms with Gasteiger partial charge in [0.25, 0.3) is 0 Å². The molecule has 1 heterocycles. The molecule has 0 unspecified atom stereocenters. The number of unbranched alkanes of at least 4 members (excludes halogenated alkanes) is 1. The summed E-state index contributed by atoms with van der Waals surface area (Å²) in [7, 11) is 0. The minimum Gasteiger partial charge on any atom is -0.459 e. The van der Waals surface area contributed by atoms with Crippen molar-refractivity contribution in [1.29, 1.82) is 0 Å². The lowest BCUT2D eigenvalue weighted by Gasteiger charge is -2.29. The van der Waals surface area contributed by atoms with Crippen LogP contribution in [0.1, 0.15) is 79.1 Å². The fourth-order valence-electron chi connectivity index (χ4n) is 4.57. The molecule has 36 heavy (non-hydrogen) atoms. The van der Waals surface area contributed by atoms with Gasteiger partial charge in [0.1, 0.15) is 12.1 Å². The maximum atomic E-state index is 12.8. The number of hydrogen-bond donors (Lipinski definition) is 0. The lowest BCUT2D eigenvalue weighted by molar-refractivity contribution is -0.155. The molecule has 1 amide bonds. The molecule has 2 aromatic rings. The zero-order valence-electron chi connectivity index (χ0n) is 22.5. The molecule has 0 aliphatic heterocycles. The van der Waals surface area contributed by atoms with Crippen LogP contribution < -0.4 is 0 Å². The fraction of sp³-hybridized carbons (Fsp3) is 0.679. The van der Waals surface area contributed by atoms with Crippen LogP contribution in [0.2, 0.25) is 0 Å². The smallest absolute Gasteiger partial charge is 0.409 e. The number of esters is 1. The molecule has 0 N–H and O–H groups in total. The highest BCUT2D eigenvalue weighted by molar-refractivity contribution is 7.99. The fourth-order valence-corrected chi connectivity index (χ4v) is 5.51. The quantitative estimate of drug-likeness (QED) is 0.178. The third kappa shape index (κ3) is 9.02. The minimum atomic E-state index is -0.533. The third-order valence-electron chi connectivity index (χ3n) is 6.32. The second-order valence-corrected chi connectivity index (χ2v) is 11.7. The minimum absolute atomic E-state index is 0.123. The Morgan fingerprint density at radius 2 is 1.89 bits per heavy atom. The first-order valence-corrected chi connectivity index (χ1v) is 14.5. The molecule has 7 nitrogen and oxygen atoms in total. The van der Waals surface area contributed by atoms with Crippen molar-refractivity contribution in [1.82, 2.24) is 14.5 Å². The van der Waals surface area contributed by atoms with E-state index in [0.29, 0.717) is 19.1 Å². The van der Waals surface area contributed by atoms with Crippen molar-refractivity contribution in [2.45, 2.75) is 96.4 Å². The predicted octanol–water partition coefficient (Wildman–Crippen LogP) is 6.68. The number of imidazole rings is 1. The number of nitrogens with zero attached hydrogens (tertiary/aromatic N) is 3. The van der Waals surface area contributed by atoms with E-state index in [9.17, 15) is 9.59 Å². The van der Waals surface area contributed by atoms with E-state index in [1.807, 2.05) is 54.5 Å². The number of thioether (sulfide) groups is 1. The van der Waals surface area contributed by atoms with Crippen molar-refractivity contribution in [3.05, 3.63) is 24.3 Å². The Morgan fingerprint density at radius 1 is 1.14 bits per heavy atom. The van der Waals surface area contributed by atoms with Crippen LogP contribution >= 0.6 is 11.8 Å². The van der Waals surface area contributed by atoms with Gasteiger partial charge in [-0.25, -0.2) is 9.78 Å². The number of para-hydroxylation sites is 2. The average molecular weight is 518 g/mol. The first-order chi connectivity index (χ1) is 17.3. The molecule has 3 rings (SSSR count). The molecule has 1 saturated carbocycles. The average Bonchev–Trinajstić information content (AvgIpc) is 3.17. The van der Waals surface area contributed by atoms with Gasteiger partial charge in [0, 0.05) is 18.8 Å². The second kappa shape index (κ2) is 13.9. The van der Waals surface area contributed by atoms with E-state index in [4.69, 9.17) is 14.5 Å². The summed E-state index contributed by atoms with van der Waals surface area (Å²) in [6.45, 7) is 9.78. The van der Waals surface area contributed by atoms with Crippen molar-refractivity contribution in [2.24, 2.45) is 5.92 Å². The highest BCUT2D eigenvalue weighted by Crippen LogP contribution is 2.27. The number of carbonyl (C=O) groups is 2. The molecule has 0 saturated heterocycles. The summed E-state index contributed by atoms with van der Waals surface area (Å²) in [5.41, 5.74) is 1.25. The standard InChI is InChI=1S/C28H43N3O4S/c1-5-6-18-34-27(33)30(20-22-13-8-7-9-14-22)17-12-19-36-26-29-23-15-10-11-16-24(23)31(26)21-25(32)35-28(2,3)4/h10-11,15-16,22H,5-9,12-14,17-21H2,1-4H3. The van der Waals surface area contributed by atoms with Crippen molar-refractivity contribution in [2.75, 3.05) is 25.4 Å². The summed E-state index contributed by atoms with van der Waals surface area (Å²) in [4.78, 5) is 32.1. The first kappa shape index (κ1) is 28.4. The van der Waals surface area contributed by atoms with Gasteiger partial charge in [0.2, 0.25) is 0 Å². The number of hydrogen-bond acceptors (Lipinski definition) is 6. The molecule has 0 spiro atoms. The van der Waals surface area contributed by atoms with Gasteiger partial charge in [0.15, 0.2) is 5.16 Å². The maximum absolute atomic E-state index is 12.8. The van der Waals surface area contributed by atoms with Crippen LogP contribution in [0.5, 0.6) is 0 Å². The summed E-state index contributed by atoms with van der Waals surface area (Å²) in [5.74, 6) is 1.09.